The van der Waals surface area contributed by atoms with E-state index in [1.165, 1.54) is 6.92 Å². The molecular formula is C23H22N4O4. The van der Waals surface area contributed by atoms with E-state index in [0.717, 1.165) is 5.69 Å². The van der Waals surface area contributed by atoms with Crippen LogP contribution < -0.4 is 5.32 Å². The lowest BCUT2D eigenvalue weighted by Crippen LogP contribution is -2.21. The highest BCUT2D eigenvalue weighted by Gasteiger charge is 2.21. The Balaban J connectivity index is 1.54. The van der Waals surface area contributed by atoms with Gasteiger partial charge in [0.2, 0.25) is 0 Å². The Kier molecular flexibility index (Phi) is 6.71. The Hall–Kier alpha value is -4.07. The number of amides is 1. The van der Waals surface area contributed by atoms with Gasteiger partial charge in [0.25, 0.3) is 5.91 Å². The van der Waals surface area contributed by atoms with Crippen LogP contribution in [-0.2, 0) is 9.53 Å². The summed E-state index contributed by atoms with van der Waals surface area (Å²) in [6.07, 6.45) is 0. The standard InChI is InChI=1S/C23H22N4O4/c1-14-21(16(3)28)15(2)24-22(14)23(30)31-13-20(29)25-17-9-11-19(12-10-17)27-26-18-7-5-4-6-8-18/h4-12,24H,13H2,1-3H3,(H,25,29). The van der Waals surface area contributed by atoms with Crippen LogP contribution in [0.2, 0.25) is 0 Å². The molecule has 0 atom stereocenters. The highest BCUT2D eigenvalue weighted by atomic mass is 16.5. The molecule has 0 aliphatic carbocycles. The van der Waals surface area contributed by atoms with Crippen LogP contribution >= 0.6 is 0 Å². The maximum absolute atomic E-state index is 12.3. The van der Waals surface area contributed by atoms with Gasteiger partial charge in [0.15, 0.2) is 12.4 Å². The van der Waals surface area contributed by atoms with Crippen LogP contribution in [0.4, 0.5) is 17.1 Å². The number of hydrogen-bond acceptors (Lipinski definition) is 6. The number of H-pyrrole nitrogens is 1. The molecule has 0 saturated carbocycles. The molecule has 2 aromatic carbocycles. The molecule has 158 valence electrons. The van der Waals surface area contributed by atoms with Crippen molar-refractivity contribution >= 4 is 34.7 Å². The molecule has 1 heterocycles. The second kappa shape index (κ2) is 9.62. The topological polar surface area (TPSA) is 113 Å². The van der Waals surface area contributed by atoms with Crippen LogP contribution in [0.3, 0.4) is 0 Å². The van der Waals surface area contributed by atoms with Gasteiger partial charge in [0.1, 0.15) is 5.69 Å². The van der Waals surface area contributed by atoms with Gasteiger partial charge >= 0.3 is 5.97 Å². The third-order valence-electron chi connectivity index (χ3n) is 4.52. The van der Waals surface area contributed by atoms with E-state index in [0.29, 0.717) is 28.2 Å². The van der Waals surface area contributed by atoms with Crippen molar-refractivity contribution in [3.63, 3.8) is 0 Å². The Bertz CT molecular complexity index is 1130. The van der Waals surface area contributed by atoms with Crippen LogP contribution in [0.1, 0.15) is 39.0 Å². The van der Waals surface area contributed by atoms with Gasteiger partial charge in [-0.05, 0) is 62.7 Å². The fourth-order valence-corrected chi connectivity index (χ4v) is 3.10. The number of nitrogens with one attached hydrogen (secondary N) is 2. The number of Topliss-reactive ketones (excluding diaryl/α,β-unsaturated/α-hetero) is 1. The number of anilines is 1. The number of azo groups is 1. The predicted molar refractivity (Wildman–Crippen MR) is 116 cm³/mol. The van der Waals surface area contributed by atoms with Gasteiger partial charge < -0.3 is 15.0 Å². The number of hydrogen-bond donors (Lipinski definition) is 2. The van der Waals surface area contributed by atoms with E-state index in [2.05, 4.69) is 20.5 Å². The molecule has 0 saturated heterocycles. The molecule has 1 amide bonds. The van der Waals surface area contributed by atoms with Crippen molar-refractivity contribution in [3.05, 3.63) is 77.1 Å². The van der Waals surface area contributed by atoms with Crippen LogP contribution in [-0.4, -0.2) is 29.3 Å². The average Bonchev–Trinajstić information content (AvgIpc) is 3.06. The number of aromatic amines is 1. The van der Waals surface area contributed by atoms with Gasteiger partial charge in [-0.1, -0.05) is 18.2 Å². The van der Waals surface area contributed by atoms with E-state index in [-0.39, 0.29) is 11.5 Å². The Labute approximate surface area is 179 Å². The number of ketones is 1. The molecule has 3 rings (SSSR count). The highest BCUT2D eigenvalue weighted by Crippen LogP contribution is 2.21. The number of benzene rings is 2. The van der Waals surface area contributed by atoms with Crippen molar-refractivity contribution in [2.75, 3.05) is 11.9 Å². The van der Waals surface area contributed by atoms with E-state index in [1.54, 1.807) is 38.1 Å². The molecule has 0 unspecified atom stereocenters. The second-order valence-corrected chi connectivity index (χ2v) is 6.89. The lowest BCUT2D eigenvalue weighted by Gasteiger charge is -2.07. The Morgan fingerprint density at radius 3 is 2.13 bits per heavy atom. The molecule has 2 N–H and O–H groups in total. The maximum Gasteiger partial charge on any atom is 0.355 e. The van der Waals surface area contributed by atoms with E-state index < -0.39 is 18.5 Å². The summed E-state index contributed by atoms with van der Waals surface area (Å²) in [6, 6.07) is 16.1. The first-order valence-electron chi connectivity index (χ1n) is 9.59. The van der Waals surface area contributed by atoms with Crippen molar-refractivity contribution in [2.45, 2.75) is 20.8 Å². The second-order valence-electron chi connectivity index (χ2n) is 6.89. The van der Waals surface area contributed by atoms with Crippen molar-refractivity contribution in [3.8, 4) is 0 Å². The minimum atomic E-state index is -0.695. The van der Waals surface area contributed by atoms with Gasteiger partial charge in [-0.2, -0.15) is 10.2 Å². The van der Waals surface area contributed by atoms with E-state index in [1.807, 2.05) is 30.3 Å². The zero-order chi connectivity index (χ0) is 22.4. The first-order chi connectivity index (χ1) is 14.8. The zero-order valence-corrected chi connectivity index (χ0v) is 17.4. The minimum Gasteiger partial charge on any atom is -0.451 e. The number of carbonyl (C=O) groups excluding carboxylic acids is 3. The van der Waals surface area contributed by atoms with Crippen LogP contribution in [0.25, 0.3) is 0 Å². The lowest BCUT2D eigenvalue weighted by molar-refractivity contribution is -0.119. The molecule has 0 spiro atoms. The van der Waals surface area contributed by atoms with E-state index in [9.17, 15) is 14.4 Å². The lowest BCUT2D eigenvalue weighted by atomic mass is 10.1. The summed E-state index contributed by atoms with van der Waals surface area (Å²) in [6.45, 7) is 4.34. The van der Waals surface area contributed by atoms with Gasteiger partial charge in [-0.15, -0.1) is 0 Å². The normalized spacial score (nSPS) is 10.8. The summed E-state index contributed by atoms with van der Waals surface area (Å²) in [5.74, 6) is -1.32. The van der Waals surface area contributed by atoms with E-state index >= 15 is 0 Å². The van der Waals surface area contributed by atoms with Crippen molar-refractivity contribution in [1.82, 2.24) is 4.98 Å². The van der Waals surface area contributed by atoms with Crippen LogP contribution in [0.5, 0.6) is 0 Å². The van der Waals surface area contributed by atoms with Crippen molar-refractivity contribution in [1.29, 1.82) is 0 Å². The third kappa shape index (κ3) is 5.51. The number of carbonyl (C=O) groups is 3. The summed E-state index contributed by atoms with van der Waals surface area (Å²) < 4.78 is 5.08. The van der Waals surface area contributed by atoms with Crippen LogP contribution in [0, 0.1) is 13.8 Å². The first-order valence-corrected chi connectivity index (χ1v) is 9.59. The summed E-state index contributed by atoms with van der Waals surface area (Å²) in [7, 11) is 0. The first kappa shape index (κ1) is 21.6. The summed E-state index contributed by atoms with van der Waals surface area (Å²) >= 11 is 0. The molecule has 0 bridgehead atoms. The quantitative estimate of drug-likeness (QED) is 0.318. The largest absolute Gasteiger partial charge is 0.451 e. The molecule has 8 nitrogen and oxygen atoms in total. The molecule has 0 aliphatic heterocycles. The summed E-state index contributed by atoms with van der Waals surface area (Å²) in [5.41, 5.74) is 3.63. The Morgan fingerprint density at radius 2 is 1.55 bits per heavy atom. The monoisotopic (exact) mass is 418 g/mol. The third-order valence-corrected chi connectivity index (χ3v) is 4.52. The fraction of sp³-hybridized carbons (Fsp3) is 0.174. The predicted octanol–water partition coefficient (Wildman–Crippen LogP) is 5.05. The van der Waals surface area contributed by atoms with Crippen LogP contribution in [0.15, 0.2) is 64.8 Å². The van der Waals surface area contributed by atoms with E-state index in [4.69, 9.17) is 4.74 Å². The average molecular weight is 418 g/mol. The highest BCUT2D eigenvalue weighted by molar-refractivity contribution is 6.01. The SMILES string of the molecule is CC(=O)c1c(C)[nH]c(C(=O)OCC(=O)Nc2ccc(N=Nc3ccccc3)cc2)c1C. The number of ether oxygens (including phenoxy) is 1. The maximum atomic E-state index is 12.3. The van der Waals surface area contributed by atoms with Gasteiger partial charge in [0.05, 0.1) is 11.4 Å². The number of aryl methyl sites for hydroxylation is 1. The molecular weight excluding hydrogens is 396 g/mol. The van der Waals surface area contributed by atoms with Gasteiger partial charge in [-0.3, -0.25) is 9.59 Å². The molecule has 31 heavy (non-hydrogen) atoms. The number of nitrogens with zero attached hydrogens (tertiary/aromatic N) is 2. The number of aromatic nitrogens is 1. The number of rotatable bonds is 7. The molecule has 0 fully saturated rings. The molecule has 3 aromatic rings. The molecule has 8 heteroatoms. The number of esters is 1. The van der Waals surface area contributed by atoms with Crippen molar-refractivity contribution < 1.29 is 19.1 Å². The fourth-order valence-electron chi connectivity index (χ4n) is 3.10. The molecule has 0 radical (unpaired) electrons. The van der Waals surface area contributed by atoms with Crippen molar-refractivity contribution in [2.24, 2.45) is 10.2 Å². The Morgan fingerprint density at radius 1 is 0.935 bits per heavy atom. The zero-order valence-electron chi connectivity index (χ0n) is 17.4. The molecule has 1 aromatic heterocycles. The smallest absolute Gasteiger partial charge is 0.355 e. The van der Waals surface area contributed by atoms with Gasteiger partial charge in [-0.25, -0.2) is 4.79 Å². The minimum absolute atomic E-state index is 0.144. The van der Waals surface area contributed by atoms with Gasteiger partial charge in [0, 0.05) is 16.9 Å². The summed E-state index contributed by atoms with van der Waals surface area (Å²) in [4.78, 5) is 38.9. The molecule has 0 aliphatic rings. The summed E-state index contributed by atoms with van der Waals surface area (Å²) in [5, 5.41) is 10.9.